The minimum atomic E-state index is -1.40. The number of nitrogens with two attached hydrogens (primary N) is 3. The van der Waals surface area contributed by atoms with E-state index in [-0.39, 0.29) is 62.5 Å². The molecule has 3 aromatic carbocycles. The summed E-state index contributed by atoms with van der Waals surface area (Å²) in [5.74, 6) is -2.12. The maximum atomic E-state index is 14.7. The zero-order valence-corrected chi connectivity index (χ0v) is 40.3. The van der Waals surface area contributed by atoms with Gasteiger partial charge in [-0.1, -0.05) is 58.0 Å². The summed E-state index contributed by atoms with van der Waals surface area (Å²) in [6, 6.07) is 15.3. The van der Waals surface area contributed by atoms with Gasteiger partial charge in [0.15, 0.2) is 5.82 Å². The normalized spacial score (nSPS) is 18.0. The number of carbonyl (C=O) groups excluding carboxylic acids is 5. The maximum absolute atomic E-state index is 14.7. The van der Waals surface area contributed by atoms with Gasteiger partial charge in [0, 0.05) is 49.4 Å². The monoisotopic (exact) mass is 965 g/mol. The molecular weight excluding hydrogens is 907 g/mol. The molecule has 2 aliphatic rings. The third kappa shape index (κ3) is 11.9. The molecule has 4 aromatic rings. The summed E-state index contributed by atoms with van der Waals surface area (Å²) in [5.41, 5.74) is 22.2. The Morgan fingerprint density at radius 3 is 2.24 bits per heavy atom. The van der Waals surface area contributed by atoms with E-state index in [1.165, 1.54) is 37.1 Å². The molecule has 1 aliphatic carbocycles. The van der Waals surface area contributed by atoms with E-state index in [1.54, 1.807) is 54.1 Å². The van der Waals surface area contributed by atoms with E-state index in [0.29, 0.717) is 45.3 Å². The number of amides is 5. The Morgan fingerprint density at radius 2 is 1.63 bits per heavy atom. The molecule has 360 valence electrons. The number of benzene rings is 3. The van der Waals surface area contributed by atoms with Crippen LogP contribution in [0, 0.1) is 18.3 Å². The smallest absolute Gasteiger partial charge is 0.255 e. The van der Waals surface area contributed by atoms with Crippen molar-refractivity contribution in [3.05, 3.63) is 94.8 Å². The Morgan fingerprint density at radius 1 is 0.956 bits per heavy atom. The van der Waals surface area contributed by atoms with Crippen molar-refractivity contribution < 1.29 is 33.4 Å². The van der Waals surface area contributed by atoms with Crippen LogP contribution in [0.5, 0.6) is 11.5 Å². The van der Waals surface area contributed by atoms with E-state index in [4.69, 9.17) is 26.7 Å². The minimum Gasteiger partial charge on any atom is -0.492 e. The summed E-state index contributed by atoms with van der Waals surface area (Å²) in [7, 11) is 5.08. The molecule has 4 atom stereocenters. The van der Waals surface area contributed by atoms with E-state index < -0.39 is 53.7 Å². The summed E-state index contributed by atoms with van der Waals surface area (Å²) < 4.78 is 12.3. The van der Waals surface area contributed by atoms with Crippen LogP contribution >= 0.6 is 21.6 Å². The lowest BCUT2D eigenvalue weighted by atomic mass is 9.78. The fourth-order valence-electron chi connectivity index (χ4n) is 8.20. The largest absolute Gasteiger partial charge is 0.492 e. The molecule has 0 unspecified atom stereocenters. The Labute approximate surface area is 404 Å². The topological polar surface area (TPSA) is 283 Å². The summed E-state index contributed by atoms with van der Waals surface area (Å²) in [6.07, 6.45) is 6.98. The number of hydrogen-bond donors (Lipinski definition) is 7. The molecule has 1 aliphatic heterocycles. The zero-order valence-electron chi connectivity index (χ0n) is 38.6. The second-order valence-electron chi connectivity index (χ2n) is 16.6. The van der Waals surface area contributed by atoms with Gasteiger partial charge in [-0.05, 0) is 93.3 Å². The highest BCUT2D eigenvalue weighted by molar-refractivity contribution is 8.76. The summed E-state index contributed by atoms with van der Waals surface area (Å²) in [5, 5.41) is 19.9. The third-order valence-electron chi connectivity index (χ3n) is 11.9. The second kappa shape index (κ2) is 23.7. The van der Waals surface area contributed by atoms with E-state index >= 15 is 0 Å². The number of nitrogens with one attached hydrogen (secondary N) is 4. The van der Waals surface area contributed by atoms with Crippen LogP contribution in [0.25, 0.3) is 22.5 Å². The molecule has 6 rings (SSSR count). The van der Waals surface area contributed by atoms with Crippen LogP contribution in [-0.4, -0.2) is 115 Å². The highest BCUT2D eigenvalue weighted by Crippen LogP contribution is 2.56. The first-order chi connectivity index (χ1) is 32.8. The van der Waals surface area contributed by atoms with Gasteiger partial charge in [0.2, 0.25) is 23.6 Å². The number of nitrogens with zero attached hydrogens (tertiary/aromatic N) is 4. The molecule has 0 saturated heterocycles. The predicted molar refractivity (Wildman–Crippen MR) is 262 cm³/mol. The SMILES string of the molecule is CSSC1(c2ccc(-c3ncc(C(=O)N[C@@H](CCN)C(=O)N(C)[C@@H]4C(=O)N[C@@H](C)C(=O)N[C@H](C(=O)NCC#N)Cc5ccc(OCCN)c(c5)-c5cc4ccc5OCCN)c(C)n3)cc2)CCC1. The third-order valence-corrected chi connectivity index (χ3v) is 14.5. The number of aromatic nitrogens is 2. The molecule has 68 heavy (non-hydrogen) atoms. The highest BCUT2D eigenvalue weighted by Gasteiger charge is 2.40. The van der Waals surface area contributed by atoms with Gasteiger partial charge in [-0.15, -0.1) is 0 Å². The Balaban J connectivity index is 1.34. The molecule has 1 aromatic heterocycles. The Hall–Kier alpha value is -6.24. The molecule has 1 saturated carbocycles. The van der Waals surface area contributed by atoms with Gasteiger partial charge in [0.05, 0.1) is 22.1 Å². The second-order valence-corrected chi connectivity index (χ2v) is 19.3. The molecule has 10 N–H and O–H groups in total. The maximum Gasteiger partial charge on any atom is 0.255 e. The predicted octanol–water partition coefficient (Wildman–Crippen LogP) is 3.02. The highest BCUT2D eigenvalue weighted by atomic mass is 33.1. The number of aryl methyl sites for hydroxylation is 1. The number of carbonyl (C=O) groups is 5. The molecule has 1 fully saturated rings. The minimum absolute atomic E-state index is 0.00208. The molecule has 0 spiro atoms. The fraction of sp³-hybridized carbons (Fsp3) is 0.417. The molecule has 4 bridgehead atoms. The molecule has 5 amide bonds. The average molecular weight is 966 g/mol. The van der Waals surface area contributed by atoms with Crippen molar-refractivity contribution in [2.24, 2.45) is 17.2 Å². The Kier molecular flexibility index (Phi) is 17.8. The van der Waals surface area contributed by atoms with Gasteiger partial charge in [0.1, 0.15) is 55.4 Å². The summed E-state index contributed by atoms with van der Waals surface area (Å²) >= 11 is 0. The van der Waals surface area contributed by atoms with Gasteiger partial charge < -0.3 is 52.8 Å². The number of fused-ring (bicyclic) bond motifs is 5. The van der Waals surface area contributed by atoms with Crippen molar-refractivity contribution in [2.45, 2.75) is 74.9 Å². The summed E-state index contributed by atoms with van der Waals surface area (Å²) in [4.78, 5) is 80.8. The van der Waals surface area contributed by atoms with E-state index in [9.17, 15) is 29.2 Å². The van der Waals surface area contributed by atoms with Crippen molar-refractivity contribution in [3.63, 3.8) is 0 Å². The molecule has 18 nitrogen and oxygen atoms in total. The van der Waals surface area contributed by atoms with Gasteiger partial charge in [-0.25, -0.2) is 9.97 Å². The van der Waals surface area contributed by atoms with Crippen LogP contribution in [0.1, 0.15) is 71.4 Å². The quantitative estimate of drug-likeness (QED) is 0.0558. The Bertz CT molecular complexity index is 2520. The molecule has 20 heteroatoms. The number of ether oxygens (including phenoxy) is 2. The van der Waals surface area contributed by atoms with Crippen molar-refractivity contribution in [1.82, 2.24) is 36.1 Å². The van der Waals surface area contributed by atoms with Crippen molar-refractivity contribution in [3.8, 4) is 40.1 Å². The van der Waals surface area contributed by atoms with Gasteiger partial charge in [0.25, 0.3) is 5.91 Å². The van der Waals surface area contributed by atoms with Crippen molar-refractivity contribution >= 4 is 51.1 Å². The average Bonchev–Trinajstić information content (AvgIpc) is 3.32. The number of nitriles is 1. The molecule has 2 heterocycles. The van der Waals surface area contributed by atoms with Crippen LogP contribution in [-0.2, 0) is 30.3 Å². The first-order valence-electron chi connectivity index (χ1n) is 22.4. The van der Waals surface area contributed by atoms with E-state index in [2.05, 4.69) is 49.6 Å². The number of hydrogen-bond acceptors (Lipinski definition) is 15. The number of rotatable bonds is 18. The first kappa shape index (κ1) is 51.2. The van der Waals surface area contributed by atoms with E-state index in [1.807, 2.05) is 29.0 Å². The van der Waals surface area contributed by atoms with Gasteiger partial charge >= 0.3 is 0 Å². The van der Waals surface area contributed by atoms with Crippen molar-refractivity contribution in [1.29, 1.82) is 5.26 Å². The van der Waals surface area contributed by atoms with Crippen LogP contribution in [0.4, 0.5) is 0 Å². The van der Waals surface area contributed by atoms with Crippen LogP contribution < -0.4 is 47.9 Å². The summed E-state index contributed by atoms with van der Waals surface area (Å²) in [6.45, 7) is 3.51. The zero-order chi connectivity index (χ0) is 49.0. The lowest BCUT2D eigenvalue weighted by molar-refractivity contribution is -0.141. The van der Waals surface area contributed by atoms with Crippen LogP contribution in [0.15, 0.2) is 66.9 Å². The first-order valence-corrected chi connectivity index (χ1v) is 25.0. The fourth-order valence-corrected chi connectivity index (χ4v) is 10.9. The van der Waals surface area contributed by atoms with E-state index in [0.717, 1.165) is 18.4 Å². The molecule has 0 radical (unpaired) electrons. The van der Waals surface area contributed by atoms with Crippen molar-refractivity contribution in [2.75, 3.05) is 52.7 Å². The lowest BCUT2D eigenvalue weighted by Gasteiger charge is -2.41. The lowest BCUT2D eigenvalue weighted by Crippen LogP contribution is -2.56. The van der Waals surface area contributed by atoms with Gasteiger partial charge in [-0.2, -0.15) is 5.26 Å². The van der Waals surface area contributed by atoms with Crippen LogP contribution in [0.2, 0.25) is 0 Å². The molecular formula is C48H59N11O7S2. The van der Waals surface area contributed by atoms with Gasteiger partial charge in [-0.3, -0.25) is 24.0 Å². The standard InChI is InChI=1S/C48H59N11O7S2/c1-28-36(27-54-42(55-28)31-7-10-33(11-8-31)48(68-67-4)15-5-16-48)44(61)57-37(14-17-49)47(64)59(3)41-32-9-13-40(66-23-20-52)35(26-32)34-24-30(6-12-39(34)65-22-19-51)25-38(45(62)53-21-18-50)58-43(60)29(2)56-46(41)63/h6-13,24,26-27,29,37-38,41H,5,14-17,19-23,25,49,51-52H2,1-4H3,(H,53,62)(H,56,63)(H,57,61)(H,58,60)/t29-,37-,38-,41-/m0/s1. The number of likely N-dealkylation sites (N-methyl/N-ethyl adjacent to an activating group) is 1. The van der Waals surface area contributed by atoms with Crippen LogP contribution in [0.3, 0.4) is 0 Å².